The molecule has 1 atom stereocenters. The van der Waals surface area contributed by atoms with Crippen LogP contribution in [0.2, 0.25) is 0 Å². The number of carbonyl (C=O) groups is 1. The Labute approximate surface area is 161 Å². The number of nitrogens with zero attached hydrogens (tertiary/aromatic N) is 1. The first-order valence-electron chi connectivity index (χ1n) is 8.81. The zero-order valence-corrected chi connectivity index (χ0v) is 16.9. The minimum Gasteiger partial charge on any atom is -0.342 e. The molecule has 148 valence electrons. The van der Waals surface area contributed by atoms with Crippen LogP contribution in [0, 0.1) is 17.7 Å². The van der Waals surface area contributed by atoms with Crippen molar-refractivity contribution in [1.29, 1.82) is 0 Å². The molecule has 0 aliphatic carbocycles. The Morgan fingerprint density at radius 1 is 1.27 bits per heavy atom. The van der Waals surface area contributed by atoms with Gasteiger partial charge in [0, 0.05) is 19.0 Å². The number of piperidine rings is 1. The first-order chi connectivity index (χ1) is 11.8. The van der Waals surface area contributed by atoms with Crippen molar-refractivity contribution in [3.63, 3.8) is 0 Å². The molecule has 0 aromatic heterocycles. The molecule has 5 nitrogen and oxygen atoms in total. The summed E-state index contributed by atoms with van der Waals surface area (Å²) in [6.07, 6.45) is 1.88. The Hall–Kier alpha value is -1.18. The summed E-state index contributed by atoms with van der Waals surface area (Å²) in [6, 6.07) is 4.73. The van der Waals surface area contributed by atoms with Gasteiger partial charge in [0.25, 0.3) is 0 Å². The van der Waals surface area contributed by atoms with Crippen molar-refractivity contribution < 1.29 is 17.6 Å². The van der Waals surface area contributed by atoms with Crippen molar-refractivity contribution in [3.8, 4) is 0 Å². The number of nitrogens with one attached hydrogen (secondary N) is 1. The molecular weight excluding hydrogens is 379 g/mol. The van der Waals surface area contributed by atoms with E-state index in [1.54, 1.807) is 11.8 Å². The molecule has 2 rings (SSSR count). The van der Waals surface area contributed by atoms with E-state index in [1.807, 2.05) is 0 Å². The van der Waals surface area contributed by atoms with Gasteiger partial charge in [-0.15, -0.1) is 12.4 Å². The number of amides is 1. The third kappa shape index (κ3) is 6.21. The summed E-state index contributed by atoms with van der Waals surface area (Å²) >= 11 is 0. The molecule has 0 saturated carbocycles. The second-order valence-corrected chi connectivity index (χ2v) is 8.75. The zero-order valence-electron chi connectivity index (χ0n) is 15.3. The molecule has 1 fully saturated rings. The average Bonchev–Trinajstić information content (AvgIpc) is 2.59. The van der Waals surface area contributed by atoms with Gasteiger partial charge >= 0.3 is 0 Å². The van der Waals surface area contributed by atoms with Crippen molar-refractivity contribution in [2.45, 2.75) is 31.6 Å². The minimum atomic E-state index is -3.61. The number of rotatable bonds is 7. The summed E-state index contributed by atoms with van der Waals surface area (Å²) in [5.41, 5.74) is 0. The fraction of sp³-hybridized carbons (Fsp3) is 0.611. The Balaban J connectivity index is 0.00000338. The molecule has 1 aromatic rings. The summed E-state index contributed by atoms with van der Waals surface area (Å²) in [4.78, 5) is 14.4. The van der Waals surface area contributed by atoms with Gasteiger partial charge in [-0.2, -0.15) is 0 Å². The second kappa shape index (κ2) is 10.2. The summed E-state index contributed by atoms with van der Waals surface area (Å²) < 4.78 is 37.8. The van der Waals surface area contributed by atoms with Gasteiger partial charge in [-0.3, -0.25) is 4.79 Å². The van der Waals surface area contributed by atoms with Crippen LogP contribution in [0.4, 0.5) is 4.39 Å². The van der Waals surface area contributed by atoms with E-state index in [0.717, 1.165) is 38.1 Å². The van der Waals surface area contributed by atoms with Gasteiger partial charge in [0.1, 0.15) is 5.82 Å². The van der Waals surface area contributed by atoms with E-state index in [1.165, 1.54) is 12.1 Å². The molecule has 1 saturated heterocycles. The maximum atomic E-state index is 13.0. The fourth-order valence-corrected chi connectivity index (χ4v) is 4.70. The molecule has 8 heteroatoms. The lowest BCUT2D eigenvalue weighted by atomic mass is 9.96. The first-order valence-corrected chi connectivity index (χ1v) is 10.5. The number of carbonyl (C=O) groups excluding carboxylic acids is 1. The van der Waals surface area contributed by atoms with E-state index >= 15 is 0 Å². The van der Waals surface area contributed by atoms with Crippen LogP contribution in [0.25, 0.3) is 0 Å². The lowest BCUT2D eigenvalue weighted by Gasteiger charge is -2.33. The van der Waals surface area contributed by atoms with Gasteiger partial charge < -0.3 is 10.2 Å². The lowest BCUT2D eigenvalue weighted by Crippen LogP contribution is -2.44. The molecule has 0 spiro atoms. The molecule has 1 heterocycles. The Kier molecular flexibility index (Phi) is 9.00. The predicted molar refractivity (Wildman–Crippen MR) is 103 cm³/mol. The van der Waals surface area contributed by atoms with E-state index in [2.05, 4.69) is 12.2 Å². The fourth-order valence-electron chi connectivity index (χ4n) is 3.16. The molecule has 1 aromatic carbocycles. The van der Waals surface area contributed by atoms with Crippen LogP contribution in [0.15, 0.2) is 29.2 Å². The Morgan fingerprint density at radius 3 is 2.38 bits per heavy atom. The number of hydrogen-bond acceptors (Lipinski definition) is 4. The third-order valence-electron chi connectivity index (χ3n) is 4.67. The van der Waals surface area contributed by atoms with Gasteiger partial charge in [-0.05, 0) is 56.1 Å². The van der Waals surface area contributed by atoms with E-state index in [-0.39, 0.29) is 29.0 Å². The maximum absolute atomic E-state index is 13.0. The predicted octanol–water partition coefficient (Wildman–Crippen LogP) is 2.51. The number of sulfone groups is 1. The second-order valence-electron chi connectivity index (χ2n) is 6.71. The van der Waals surface area contributed by atoms with Crippen molar-refractivity contribution in [2.24, 2.45) is 11.8 Å². The summed E-state index contributed by atoms with van der Waals surface area (Å²) in [5, 5.41) is 3.33. The van der Waals surface area contributed by atoms with Crippen LogP contribution >= 0.6 is 12.4 Å². The van der Waals surface area contributed by atoms with E-state index in [0.29, 0.717) is 19.0 Å². The number of hydrogen-bond donors (Lipinski definition) is 1. The van der Waals surface area contributed by atoms with Crippen molar-refractivity contribution in [1.82, 2.24) is 10.2 Å². The van der Waals surface area contributed by atoms with Crippen molar-refractivity contribution in [3.05, 3.63) is 30.1 Å². The number of halogens is 2. The van der Waals surface area contributed by atoms with Crippen LogP contribution in [-0.4, -0.2) is 51.2 Å². The number of likely N-dealkylation sites (tertiary alicyclic amines) is 1. The van der Waals surface area contributed by atoms with E-state index in [9.17, 15) is 17.6 Å². The zero-order chi connectivity index (χ0) is 18.4. The highest BCUT2D eigenvalue weighted by atomic mass is 35.5. The molecule has 1 aliphatic rings. The highest BCUT2D eigenvalue weighted by molar-refractivity contribution is 7.91. The SMILES string of the molecule is CCNCC1CCN(C(=O)C(C)CS(=O)(=O)c2ccc(F)cc2)CC1.Cl. The lowest BCUT2D eigenvalue weighted by molar-refractivity contribution is -0.135. The van der Waals surface area contributed by atoms with Gasteiger partial charge in [0.05, 0.1) is 10.6 Å². The third-order valence-corrected chi connectivity index (χ3v) is 6.60. The van der Waals surface area contributed by atoms with E-state index in [4.69, 9.17) is 0 Å². The average molecular weight is 407 g/mol. The van der Waals surface area contributed by atoms with Gasteiger partial charge in [-0.25, -0.2) is 12.8 Å². The van der Waals surface area contributed by atoms with Gasteiger partial charge in [0.15, 0.2) is 9.84 Å². The van der Waals surface area contributed by atoms with Crippen LogP contribution < -0.4 is 5.32 Å². The highest BCUT2D eigenvalue weighted by Crippen LogP contribution is 2.20. The van der Waals surface area contributed by atoms with E-state index < -0.39 is 21.6 Å². The highest BCUT2D eigenvalue weighted by Gasteiger charge is 2.29. The normalized spacial score (nSPS) is 16.8. The van der Waals surface area contributed by atoms with Gasteiger partial charge in [0.2, 0.25) is 5.91 Å². The minimum absolute atomic E-state index is 0. The molecule has 0 radical (unpaired) electrons. The smallest absolute Gasteiger partial charge is 0.226 e. The Bertz CT molecular complexity index is 674. The topological polar surface area (TPSA) is 66.5 Å². The molecule has 26 heavy (non-hydrogen) atoms. The first kappa shape index (κ1) is 22.9. The molecule has 1 amide bonds. The maximum Gasteiger partial charge on any atom is 0.226 e. The monoisotopic (exact) mass is 406 g/mol. The molecular formula is C18H28ClFN2O3S. The quantitative estimate of drug-likeness (QED) is 0.706. The van der Waals surface area contributed by atoms with Gasteiger partial charge in [-0.1, -0.05) is 13.8 Å². The Morgan fingerprint density at radius 2 is 1.85 bits per heavy atom. The van der Waals surface area contributed by atoms with Crippen LogP contribution in [0.5, 0.6) is 0 Å². The molecule has 1 aliphatic heterocycles. The van der Waals surface area contributed by atoms with Crippen LogP contribution in [-0.2, 0) is 14.6 Å². The largest absolute Gasteiger partial charge is 0.342 e. The van der Waals surface area contributed by atoms with Crippen molar-refractivity contribution in [2.75, 3.05) is 31.9 Å². The van der Waals surface area contributed by atoms with Crippen molar-refractivity contribution >= 4 is 28.2 Å². The number of benzene rings is 1. The molecule has 1 N–H and O–H groups in total. The van der Waals surface area contributed by atoms with Crippen LogP contribution in [0.1, 0.15) is 26.7 Å². The molecule has 0 bridgehead atoms. The summed E-state index contributed by atoms with van der Waals surface area (Å²) in [7, 11) is -3.61. The standard InChI is InChI=1S/C18H27FN2O3S.ClH/c1-3-20-12-15-8-10-21(11-9-15)18(22)14(2)13-25(23,24)17-6-4-16(19)5-7-17;/h4-7,14-15,20H,3,8-13H2,1-2H3;1H. The summed E-state index contributed by atoms with van der Waals surface area (Å²) in [6.45, 7) is 6.98. The summed E-state index contributed by atoms with van der Waals surface area (Å²) in [5.74, 6) is -0.895. The molecule has 1 unspecified atom stereocenters. The van der Waals surface area contributed by atoms with Crippen LogP contribution in [0.3, 0.4) is 0 Å².